The van der Waals surface area contributed by atoms with Gasteiger partial charge in [0.25, 0.3) is 5.91 Å². The summed E-state index contributed by atoms with van der Waals surface area (Å²) in [4.78, 5) is 31.6. The van der Waals surface area contributed by atoms with Crippen molar-refractivity contribution in [3.63, 3.8) is 0 Å². The molecule has 1 atom stereocenters. The zero-order chi connectivity index (χ0) is 16.2. The van der Waals surface area contributed by atoms with E-state index in [1.165, 1.54) is 6.92 Å². The maximum absolute atomic E-state index is 13.8. The Balaban J connectivity index is 2.94. The first kappa shape index (κ1) is 16.5. The van der Waals surface area contributed by atoms with Crippen molar-refractivity contribution in [1.82, 2.24) is 5.32 Å². The Bertz CT molecular complexity index is 591. The van der Waals surface area contributed by atoms with Gasteiger partial charge in [0.2, 0.25) is 5.82 Å². The van der Waals surface area contributed by atoms with Crippen molar-refractivity contribution >= 4 is 17.6 Å². The summed E-state index contributed by atoms with van der Waals surface area (Å²) >= 11 is 0. The third kappa shape index (κ3) is 4.20. The van der Waals surface area contributed by atoms with Crippen LogP contribution in [-0.4, -0.2) is 27.9 Å². The quantitative estimate of drug-likeness (QED) is 0.615. The highest BCUT2D eigenvalue weighted by Crippen LogP contribution is 2.23. The average molecular weight is 302 g/mol. The summed E-state index contributed by atoms with van der Waals surface area (Å²) < 4.78 is 27.3. The van der Waals surface area contributed by atoms with Gasteiger partial charge in [0, 0.05) is 18.5 Å². The fourth-order valence-electron chi connectivity index (χ4n) is 1.60. The number of rotatable bonds is 6. The molecule has 0 fully saturated rings. The van der Waals surface area contributed by atoms with Crippen LogP contribution in [0.25, 0.3) is 0 Å². The molecule has 0 aliphatic heterocycles. The molecule has 0 spiro atoms. The molecule has 9 heteroatoms. The summed E-state index contributed by atoms with van der Waals surface area (Å²) in [5.74, 6) is -5.06. The maximum Gasteiger partial charge on any atom is 0.305 e. The van der Waals surface area contributed by atoms with Crippen LogP contribution in [0.15, 0.2) is 12.1 Å². The van der Waals surface area contributed by atoms with E-state index in [-0.39, 0.29) is 12.8 Å². The van der Waals surface area contributed by atoms with Gasteiger partial charge in [-0.3, -0.25) is 19.7 Å². The molecule has 7 nitrogen and oxygen atoms in total. The molecule has 0 saturated carbocycles. The van der Waals surface area contributed by atoms with E-state index in [0.717, 1.165) is 0 Å². The molecule has 1 unspecified atom stereocenters. The normalized spacial score (nSPS) is 11.8. The van der Waals surface area contributed by atoms with E-state index in [0.29, 0.717) is 12.1 Å². The van der Waals surface area contributed by atoms with E-state index in [4.69, 9.17) is 5.11 Å². The maximum atomic E-state index is 13.8. The minimum atomic E-state index is -1.57. The number of halogens is 2. The van der Waals surface area contributed by atoms with Crippen molar-refractivity contribution in [2.45, 2.75) is 25.8 Å². The zero-order valence-corrected chi connectivity index (χ0v) is 10.9. The standard InChI is InChI=1S/C12H12F2N2O5/c1-6(2-5-9(17)18)15-12(19)10-7(13)3-4-8(11(10)14)16(20)21/h3-4,6H,2,5H2,1H3,(H,15,19)(H,17,18). The number of nitro groups is 1. The van der Waals surface area contributed by atoms with Crippen LogP contribution in [0.3, 0.4) is 0 Å². The fraction of sp³-hybridized carbons (Fsp3) is 0.333. The van der Waals surface area contributed by atoms with E-state index in [9.17, 15) is 28.5 Å². The molecule has 114 valence electrons. The highest BCUT2D eigenvalue weighted by molar-refractivity contribution is 5.95. The number of nitro benzene ring substituents is 1. The largest absolute Gasteiger partial charge is 0.481 e. The first-order valence-electron chi connectivity index (χ1n) is 5.89. The topological polar surface area (TPSA) is 110 Å². The molecule has 0 bridgehead atoms. The Labute approximate surface area is 117 Å². The summed E-state index contributed by atoms with van der Waals surface area (Å²) in [6.45, 7) is 1.45. The van der Waals surface area contributed by atoms with Crippen molar-refractivity contribution in [2.75, 3.05) is 0 Å². The van der Waals surface area contributed by atoms with Crippen LogP contribution in [0.4, 0.5) is 14.5 Å². The Hall–Kier alpha value is -2.58. The highest BCUT2D eigenvalue weighted by atomic mass is 19.1. The number of carboxylic acid groups (broad SMARTS) is 1. The lowest BCUT2D eigenvalue weighted by molar-refractivity contribution is -0.387. The van der Waals surface area contributed by atoms with Gasteiger partial charge in [-0.15, -0.1) is 0 Å². The number of hydrogen-bond acceptors (Lipinski definition) is 4. The highest BCUT2D eigenvalue weighted by Gasteiger charge is 2.26. The molecule has 0 aliphatic rings. The van der Waals surface area contributed by atoms with Crippen LogP contribution >= 0.6 is 0 Å². The van der Waals surface area contributed by atoms with Gasteiger partial charge < -0.3 is 10.4 Å². The smallest absolute Gasteiger partial charge is 0.305 e. The summed E-state index contributed by atoms with van der Waals surface area (Å²) in [6, 6.07) is 0.583. The third-order valence-electron chi connectivity index (χ3n) is 2.66. The second-order valence-corrected chi connectivity index (χ2v) is 4.32. The second-order valence-electron chi connectivity index (χ2n) is 4.32. The molecule has 0 saturated heterocycles. The number of hydrogen-bond donors (Lipinski definition) is 2. The van der Waals surface area contributed by atoms with Crippen LogP contribution in [0.2, 0.25) is 0 Å². The SMILES string of the molecule is CC(CCC(=O)O)NC(=O)c1c(F)ccc([N+](=O)[O-])c1F. The number of nitrogens with one attached hydrogen (secondary N) is 1. The van der Waals surface area contributed by atoms with Crippen molar-refractivity contribution in [1.29, 1.82) is 0 Å². The lowest BCUT2D eigenvalue weighted by Gasteiger charge is -2.13. The van der Waals surface area contributed by atoms with Gasteiger partial charge in [-0.1, -0.05) is 0 Å². The first-order chi connectivity index (χ1) is 9.73. The third-order valence-corrected chi connectivity index (χ3v) is 2.66. The minimum absolute atomic E-state index is 0.0548. The molecule has 1 aromatic rings. The van der Waals surface area contributed by atoms with Gasteiger partial charge in [0.05, 0.1) is 4.92 Å². The number of carbonyl (C=O) groups is 2. The summed E-state index contributed by atoms with van der Waals surface area (Å²) in [7, 11) is 0. The zero-order valence-electron chi connectivity index (χ0n) is 10.9. The number of nitrogens with zero attached hydrogens (tertiary/aromatic N) is 1. The van der Waals surface area contributed by atoms with E-state index < -0.39 is 45.7 Å². The fourth-order valence-corrected chi connectivity index (χ4v) is 1.60. The molecule has 0 radical (unpaired) electrons. The van der Waals surface area contributed by atoms with Crippen molar-refractivity contribution in [2.24, 2.45) is 0 Å². The molecule has 21 heavy (non-hydrogen) atoms. The van der Waals surface area contributed by atoms with Crippen molar-refractivity contribution in [3.05, 3.63) is 39.4 Å². The molecule has 2 N–H and O–H groups in total. The molecule has 0 aromatic heterocycles. The number of carboxylic acids is 1. The number of benzene rings is 1. The van der Waals surface area contributed by atoms with Crippen LogP contribution < -0.4 is 5.32 Å². The molecule has 1 aromatic carbocycles. The predicted molar refractivity (Wildman–Crippen MR) is 66.8 cm³/mol. The van der Waals surface area contributed by atoms with E-state index in [2.05, 4.69) is 5.32 Å². The summed E-state index contributed by atoms with van der Waals surface area (Å²) in [6.07, 6.45) is -0.180. The van der Waals surface area contributed by atoms with Gasteiger partial charge in [0.15, 0.2) is 0 Å². The number of aliphatic carboxylic acids is 1. The van der Waals surface area contributed by atoms with E-state index >= 15 is 0 Å². The Kier molecular flexibility index (Phi) is 5.28. The summed E-state index contributed by atoms with van der Waals surface area (Å²) in [5.41, 5.74) is -2.08. The monoisotopic (exact) mass is 302 g/mol. The van der Waals surface area contributed by atoms with E-state index in [1.54, 1.807) is 0 Å². The Morgan fingerprint density at radius 1 is 1.43 bits per heavy atom. The summed E-state index contributed by atoms with van der Waals surface area (Å²) in [5, 5.41) is 21.2. The van der Waals surface area contributed by atoms with Crippen LogP contribution in [0.5, 0.6) is 0 Å². The lowest BCUT2D eigenvalue weighted by Crippen LogP contribution is -2.34. The van der Waals surface area contributed by atoms with E-state index in [1.807, 2.05) is 0 Å². The molecule has 0 aliphatic carbocycles. The molecule has 0 heterocycles. The van der Waals surface area contributed by atoms with Gasteiger partial charge >= 0.3 is 11.7 Å². The first-order valence-corrected chi connectivity index (χ1v) is 5.89. The molecular formula is C12H12F2N2O5. The lowest BCUT2D eigenvalue weighted by atomic mass is 10.1. The van der Waals surface area contributed by atoms with Crippen LogP contribution in [0.1, 0.15) is 30.1 Å². The molecule has 1 rings (SSSR count). The van der Waals surface area contributed by atoms with Crippen LogP contribution in [0, 0.1) is 21.7 Å². The molecule has 1 amide bonds. The minimum Gasteiger partial charge on any atom is -0.481 e. The number of amides is 1. The Morgan fingerprint density at radius 3 is 2.57 bits per heavy atom. The Morgan fingerprint density at radius 2 is 2.05 bits per heavy atom. The van der Waals surface area contributed by atoms with Crippen molar-refractivity contribution < 1.29 is 28.4 Å². The molecular weight excluding hydrogens is 290 g/mol. The second kappa shape index (κ2) is 6.73. The number of carbonyl (C=O) groups excluding carboxylic acids is 1. The van der Waals surface area contributed by atoms with Crippen LogP contribution in [-0.2, 0) is 4.79 Å². The van der Waals surface area contributed by atoms with Gasteiger partial charge in [0.1, 0.15) is 11.4 Å². The van der Waals surface area contributed by atoms with Gasteiger partial charge in [-0.2, -0.15) is 4.39 Å². The van der Waals surface area contributed by atoms with Gasteiger partial charge in [-0.05, 0) is 19.4 Å². The van der Waals surface area contributed by atoms with Crippen molar-refractivity contribution in [3.8, 4) is 0 Å². The average Bonchev–Trinajstić information content (AvgIpc) is 2.35. The predicted octanol–water partition coefficient (Wildman–Crippen LogP) is 1.86. The van der Waals surface area contributed by atoms with Gasteiger partial charge in [-0.25, -0.2) is 4.39 Å².